The quantitative estimate of drug-likeness (QED) is 0.849. The third-order valence-electron chi connectivity index (χ3n) is 3.43. The molecule has 0 aliphatic carbocycles. The second-order valence-electron chi connectivity index (χ2n) is 4.89. The lowest BCUT2D eigenvalue weighted by atomic mass is 9.96. The maximum atomic E-state index is 13.5. The van der Waals surface area contributed by atoms with Gasteiger partial charge < -0.3 is 10.1 Å². The number of rotatable bonds is 5. The molecule has 0 saturated carbocycles. The summed E-state index contributed by atoms with van der Waals surface area (Å²) in [6, 6.07) is 11.1. The third kappa shape index (κ3) is 3.63. The Morgan fingerprint density at radius 3 is 2.62 bits per heavy atom. The van der Waals surface area contributed by atoms with Crippen LogP contribution in [0.15, 0.2) is 40.9 Å². The minimum atomic E-state index is -0.184. The van der Waals surface area contributed by atoms with E-state index < -0.39 is 0 Å². The van der Waals surface area contributed by atoms with Gasteiger partial charge in [0.05, 0.1) is 13.2 Å². The van der Waals surface area contributed by atoms with Gasteiger partial charge in [0.1, 0.15) is 11.6 Å². The van der Waals surface area contributed by atoms with E-state index in [-0.39, 0.29) is 11.9 Å². The molecule has 2 nitrogen and oxygen atoms in total. The monoisotopic (exact) mass is 351 g/mol. The second-order valence-corrected chi connectivity index (χ2v) is 5.80. The fraction of sp³-hybridized carbons (Fsp3) is 0.294. The van der Waals surface area contributed by atoms with Gasteiger partial charge in [0.2, 0.25) is 0 Å². The summed E-state index contributed by atoms with van der Waals surface area (Å²) in [4.78, 5) is 0. The molecule has 0 spiro atoms. The molecule has 0 amide bonds. The van der Waals surface area contributed by atoms with E-state index in [1.807, 2.05) is 30.3 Å². The predicted molar refractivity (Wildman–Crippen MR) is 87.4 cm³/mol. The number of hydrogen-bond donors (Lipinski definition) is 1. The van der Waals surface area contributed by atoms with E-state index in [9.17, 15) is 4.39 Å². The zero-order valence-electron chi connectivity index (χ0n) is 12.4. The SMILES string of the molecule is CCNC(c1ccc(F)c(C)c1)c1ccc(Br)cc1OC. The molecule has 0 radical (unpaired) electrons. The first-order valence-corrected chi connectivity index (χ1v) is 7.69. The molecule has 0 aliphatic rings. The van der Waals surface area contributed by atoms with Crippen molar-refractivity contribution in [3.05, 3.63) is 63.4 Å². The maximum absolute atomic E-state index is 13.5. The van der Waals surface area contributed by atoms with Crippen LogP contribution >= 0.6 is 15.9 Å². The first kappa shape index (κ1) is 16.0. The van der Waals surface area contributed by atoms with E-state index in [1.165, 1.54) is 6.07 Å². The number of hydrogen-bond acceptors (Lipinski definition) is 2. The largest absolute Gasteiger partial charge is 0.496 e. The van der Waals surface area contributed by atoms with E-state index in [4.69, 9.17) is 4.74 Å². The van der Waals surface area contributed by atoms with Crippen LogP contribution in [0.3, 0.4) is 0 Å². The third-order valence-corrected chi connectivity index (χ3v) is 3.92. The molecular formula is C17H19BrFNO. The molecule has 0 saturated heterocycles. The Labute approximate surface area is 133 Å². The average molecular weight is 352 g/mol. The second kappa shape index (κ2) is 7.05. The highest BCUT2D eigenvalue weighted by Crippen LogP contribution is 2.32. The minimum Gasteiger partial charge on any atom is -0.496 e. The van der Waals surface area contributed by atoms with Crippen LogP contribution in [0.2, 0.25) is 0 Å². The molecule has 2 aromatic rings. The number of methoxy groups -OCH3 is 1. The van der Waals surface area contributed by atoms with Gasteiger partial charge in [0, 0.05) is 10.0 Å². The zero-order valence-corrected chi connectivity index (χ0v) is 14.0. The molecule has 0 aromatic heterocycles. The van der Waals surface area contributed by atoms with Gasteiger partial charge >= 0.3 is 0 Å². The molecule has 4 heteroatoms. The Morgan fingerprint density at radius 2 is 2.00 bits per heavy atom. The van der Waals surface area contributed by atoms with Crippen molar-refractivity contribution in [3.8, 4) is 5.75 Å². The van der Waals surface area contributed by atoms with Crippen molar-refractivity contribution in [2.75, 3.05) is 13.7 Å². The van der Waals surface area contributed by atoms with Gasteiger partial charge in [-0.2, -0.15) is 0 Å². The molecule has 0 fully saturated rings. The highest BCUT2D eigenvalue weighted by atomic mass is 79.9. The molecule has 0 aliphatic heterocycles. The lowest BCUT2D eigenvalue weighted by Crippen LogP contribution is -2.22. The molecule has 1 unspecified atom stereocenters. The summed E-state index contributed by atoms with van der Waals surface area (Å²) in [7, 11) is 1.66. The molecule has 2 rings (SSSR count). The summed E-state index contributed by atoms with van der Waals surface area (Å²) in [6.07, 6.45) is 0. The Kier molecular flexibility index (Phi) is 5.37. The molecule has 2 aromatic carbocycles. The van der Waals surface area contributed by atoms with Gasteiger partial charge in [0.15, 0.2) is 0 Å². The van der Waals surface area contributed by atoms with Crippen LogP contribution in [-0.2, 0) is 0 Å². The van der Waals surface area contributed by atoms with Crippen LogP contribution in [0.1, 0.15) is 29.7 Å². The molecule has 0 bridgehead atoms. The molecule has 112 valence electrons. The molecule has 0 heterocycles. The van der Waals surface area contributed by atoms with Gasteiger partial charge in [-0.05, 0) is 42.8 Å². The Hall–Kier alpha value is -1.39. The van der Waals surface area contributed by atoms with Crippen molar-refractivity contribution < 1.29 is 9.13 Å². The first-order chi connectivity index (χ1) is 10.1. The normalized spacial score (nSPS) is 12.2. The Balaban J connectivity index is 2.50. The lowest BCUT2D eigenvalue weighted by molar-refractivity contribution is 0.404. The standard InChI is InChI=1S/C17H19BrFNO/c1-4-20-17(12-5-8-15(19)11(2)9-12)14-7-6-13(18)10-16(14)21-3/h5-10,17,20H,4H2,1-3H3. The Morgan fingerprint density at radius 1 is 1.24 bits per heavy atom. The maximum Gasteiger partial charge on any atom is 0.126 e. The molecule has 21 heavy (non-hydrogen) atoms. The van der Waals surface area contributed by atoms with Gasteiger partial charge in [-0.15, -0.1) is 0 Å². The number of nitrogens with one attached hydrogen (secondary N) is 1. The summed E-state index contributed by atoms with van der Waals surface area (Å²) < 4.78 is 19.9. The van der Waals surface area contributed by atoms with Crippen molar-refractivity contribution in [2.24, 2.45) is 0 Å². The topological polar surface area (TPSA) is 21.3 Å². The smallest absolute Gasteiger partial charge is 0.126 e. The van der Waals surface area contributed by atoms with Crippen LogP contribution in [0.5, 0.6) is 5.75 Å². The lowest BCUT2D eigenvalue weighted by Gasteiger charge is -2.22. The molecule has 1 N–H and O–H groups in total. The average Bonchev–Trinajstić information content (AvgIpc) is 2.48. The summed E-state index contributed by atoms with van der Waals surface area (Å²) in [5.41, 5.74) is 2.71. The van der Waals surface area contributed by atoms with Gasteiger partial charge in [-0.1, -0.05) is 41.1 Å². The van der Waals surface area contributed by atoms with Crippen LogP contribution in [0, 0.1) is 12.7 Å². The van der Waals surface area contributed by atoms with Crippen molar-refractivity contribution >= 4 is 15.9 Å². The highest BCUT2D eigenvalue weighted by molar-refractivity contribution is 9.10. The van der Waals surface area contributed by atoms with E-state index in [0.717, 1.165) is 27.9 Å². The summed E-state index contributed by atoms with van der Waals surface area (Å²) in [5, 5.41) is 3.44. The summed E-state index contributed by atoms with van der Waals surface area (Å²) >= 11 is 3.45. The summed E-state index contributed by atoms with van der Waals surface area (Å²) in [5.74, 6) is 0.620. The van der Waals surface area contributed by atoms with Crippen LogP contribution in [0.25, 0.3) is 0 Å². The van der Waals surface area contributed by atoms with E-state index in [0.29, 0.717) is 5.56 Å². The van der Waals surface area contributed by atoms with Crippen molar-refractivity contribution in [1.82, 2.24) is 5.32 Å². The molecule has 1 atom stereocenters. The van der Waals surface area contributed by atoms with Crippen LogP contribution in [0.4, 0.5) is 4.39 Å². The molecular weight excluding hydrogens is 333 g/mol. The number of halogens is 2. The van der Waals surface area contributed by atoms with Crippen molar-refractivity contribution in [1.29, 1.82) is 0 Å². The van der Waals surface area contributed by atoms with E-state index >= 15 is 0 Å². The van der Waals surface area contributed by atoms with Crippen LogP contribution in [-0.4, -0.2) is 13.7 Å². The van der Waals surface area contributed by atoms with E-state index in [2.05, 4.69) is 28.2 Å². The van der Waals surface area contributed by atoms with E-state index in [1.54, 1.807) is 14.0 Å². The van der Waals surface area contributed by atoms with Crippen molar-refractivity contribution in [2.45, 2.75) is 19.9 Å². The number of ether oxygens (including phenoxy) is 1. The van der Waals surface area contributed by atoms with Crippen LogP contribution < -0.4 is 10.1 Å². The van der Waals surface area contributed by atoms with Gasteiger partial charge in [-0.3, -0.25) is 0 Å². The highest BCUT2D eigenvalue weighted by Gasteiger charge is 2.18. The summed E-state index contributed by atoms with van der Waals surface area (Å²) in [6.45, 7) is 4.63. The van der Waals surface area contributed by atoms with Crippen molar-refractivity contribution in [3.63, 3.8) is 0 Å². The minimum absolute atomic E-state index is 0.0302. The predicted octanol–water partition coefficient (Wildman–Crippen LogP) is 4.60. The van der Waals surface area contributed by atoms with Gasteiger partial charge in [-0.25, -0.2) is 4.39 Å². The number of benzene rings is 2. The first-order valence-electron chi connectivity index (χ1n) is 6.89. The fourth-order valence-corrected chi connectivity index (χ4v) is 2.72. The zero-order chi connectivity index (χ0) is 15.4. The Bertz CT molecular complexity index is 630. The fourth-order valence-electron chi connectivity index (χ4n) is 2.38. The van der Waals surface area contributed by atoms with Gasteiger partial charge in [0.25, 0.3) is 0 Å². The number of aryl methyl sites for hydroxylation is 1.